The van der Waals surface area contributed by atoms with Crippen LogP contribution in [0.25, 0.3) is 0 Å². The Bertz CT molecular complexity index is 732. The fourth-order valence-corrected chi connectivity index (χ4v) is 5.79. The average Bonchev–Trinajstić information content (AvgIpc) is 2.83. The molecule has 1 fully saturated rings. The van der Waals surface area contributed by atoms with Crippen molar-refractivity contribution in [3.8, 4) is 0 Å². The van der Waals surface area contributed by atoms with Gasteiger partial charge in [-0.05, 0) is 63.5 Å². The summed E-state index contributed by atoms with van der Waals surface area (Å²) < 4.78 is 0. The summed E-state index contributed by atoms with van der Waals surface area (Å²) in [5.74, 6) is 0.494. The summed E-state index contributed by atoms with van der Waals surface area (Å²) in [5.41, 5.74) is 2.18. The Hall–Kier alpha value is -1.35. The van der Waals surface area contributed by atoms with Crippen molar-refractivity contribution in [2.75, 3.05) is 0 Å². The highest BCUT2D eigenvalue weighted by atomic mass is 16.1. The van der Waals surface area contributed by atoms with Crippen molar-refractivity contribution in [1.29, 1.82) is 0 Å². The van der Waals surface area contributed by atoms with Gasteiger partial charge < -0.3 is 10.6 Å². The number of piperidine rings is 1. The number of aryl methyl sites for hydroxylation is 1. The van der Waals surface area contributed by atoms with E-state index < -0.39 is 0 Å². The lowest BCUT2D eigenvalue weighted by Crippen LogP contribution is -2.68. The smallest absolute Gasteiger partial charge is 0.251 e. The van der Waals surface area contributed by atoms with Gasteiger partial charge in [-0.3, -0.25) is 4.79 Å². The van der Waals surface area contributed by atoms with Crippen LogP contribution >= 0.6 is 0 Å². The third-order valence-corrected chi connectivity index (χ3v) is 8.76. The van der Waals surface area contributed by atoms with Gasteiger partial charge in [-0.25, -0.2) is 0 Å². The van der Waals surface area contributed by atoms with Gasteiger partial charge in [0.05, 0.1) is 0 Å². The molecule has 0 radical (unpaired) electrons. The summed E-state index contributed by atoms with van der Waals surface area (Å²) in [4.78, 5) is 13.4. The van der Waals surface area contributed by atoms with Gasteiger partial charge in [-0.15, -0.1) is 0 Å². The van der Waals surface area contributed by atoms with E-state index in [9.17, 15) is 4.79 Å². The minimum Gasteiger partial charge on any atom is -0.349 e. The summed E-state index contributed by atoms with van der Waals surface area (Å²) >= 11 is 0. The zero-order chi connectivity index (χ0) is 25.0. The van der Waals surface area contributed by atoms with E-state index in [1.54, 1.807) is 0 Å². The Morgan fingerprint density at radius 2 is 1.50 bits per heavy atom. The lowest BCUT2D eigenvalue weighted by Gasteiger charge is -2.53. The fourth-order valence-electron chi connectivity index (χ4n) is 5.79. The molecule has 4 atom stereocenters. The summed E-state index contributed by atoms with van der Waals surface area (Å²) in [6.45, 7) is 13.7. The molecule has 1 amide bonds. The summed E-state index contributed by atoms with van der Waals surface area (Å²) in [6, 6.07) is 8.45. The van der Waals surface area contributed by atoms with E-state index in [1.807, 2.05) is 12.1 Å². The molecule has 0 aliphatic carbocycles. The van der Waals surface area contributed by atoms with Crippen LogP contribution in [0.2, 0.25) is 0 Å². The first-order valence-electron chi connectivity index (χ1n) is 14.5. The van der Waals surface area contributed by atoms with Crippen LogP contribution < -0.4 is 10.6 Å². The van der Waals surface area contributed by atoms with Crippen molar-refractivity contribution >= 4 is 5.91 Å². The molecule has 0 spiro atoms. The van der Waals surface area contributed by atoms with Crippen molar-refractivity contribution in [3.63, 3.8) is 0 Å². The number of carbonyl (C=O) groups is 1. The number of unbranched alkanes of at least 4 members (excludes halogenated alkanes) is 9. The van der Waals surface area contributed by atoms with Gasteiger partial charge in [0.25, 0.3) is 5.91 Å². The zero-order valence-corrected chi connectivity index (χ0v) is 23.3. The molecule has 3 heteroatoms. The minimum absolute atomic E-state index is 0.0382. The molecule has 1 saturated heterocycles. The topological polar surface area (TPSA) is 41.1 Å². The molecule has 1 aliphatic rings. The third-order valence-electron chi connectivity index (χ3n) is 8.76. The highest BCUT2D eigenvalue weighted by Crippen LogP contribution is 2.37. The van der Waals surface area contributed by atoms with Crippen LogP contribution in [0.5, 0.6) is 0 Å². The molecule has 1 aromatic rings. The molecule has 34 heavy (non-hydrogen) atoms. The monoisotopic (exact) mass is 470 g/mol. The van der Waals surface area contributed by atoms with Crippen LogP contribution in [0.3, 0.4) is 0 Å². The maximum atomic E-state index is 13.4. The van der Waals surface area contributed by atoms with Gasteiger partial charge in [0.2, 0.25) is 0 Å². The molecular formula is C31H54N2O. The number of carbonyl (C=O) groups excluding carboxylic acids is 1. The Labute approximate surface area is 211 Å². The van der Waals surface area contributed by atoms with Gasteiger partial charge in [0.15, 0.2) is 0 Å². The van der Waals surface area contributed by atoms with Gasteiger partial charge in [0, 0.05) is 22.7 Å². The second-order valence-electron chi connectivity index (χ2n) is 11.5. The molecular weight excluding hydrogens is 416 g/mol. The van der Waals surface area contributed by atoms with Crippen LogP contribution in [-0.4, -0.2) is 23.0 Å². The number of amides is 1. The standard InChI is InChI=1S/C31H54N2O/c1-7-10-11-12-13-14-15-16-17-18-21-26-22-19-20-23-27(26)29(34)32-28-24-30(5,8-2)33-31(6,9-3)25(28)4/h19-20,22-23,25,28,33H,7-18,21,24H2,1-6H3,(H,32,34). The maximum Gasteiger partial charge on any atom is 0.251 e. The first kappa shape index (κ1) is 28.9. The summed E-state index contributed by atoms with van der Waals surface area (Å²) in [7, 11) is 0. The predicted molar refractivity (Wildman–Crippen MR) is 148 cm³/mol. The molecule has 1 aliphatic heterocycles. The Kier molecular flexibility index (Phi) is 12.1. The normalized spacial score (nSPS) is 27.0. The molecule has 0 aromatic heterocycles. The number of hydrogen-bond donors (Lipinski definition) is 2. The maximum absolute atomic E-state index is 13.4. The van der Waals surface area contributed by atoms with E-state index in [2.05, 4.69) is 64.3 Å². The van der Waals surface area contributed by atoms with Crippen LogP contribution in [0.15, 0.2) is 24.3 Å². The molecule has 3 nitrogen and oxygen atoms in total. The lowest BCUT2D eigenvalue weighted by atomic mass is 9.69. The van der Waals surface area contributed by atoms with Gasteiger partial charge in [-0.1, -0.05) is 104 Å². The number of rotatable bonds is 15. The van der Waals surface area contributed by atoms with E-state index in [-0.39, 0.29) is 23.0 Å². The molecule has 0 bridgehead atoms. The molecule has 4 unspecified atom stereocenters. The molecule has 2 N–H and O–H groups in total. The number of hydrogen-bond acceptors (Lipinski definition) is 2. The van der Waals surface area contributed by atoms with E-state index in [1.165, 1.54) is 69.8 Å². The van der Waals surface area contributed by atoms with Crippen LogP contribution in [-0.2, 0) is 6.42 Å². The molecule has 0 saturated carbocycles. The van der Waals surface area contributed by atoms with E-state index in [0.29, 0.717) is 5.92 Å². The molecule has 2 rings (SSSR count). The predicted octanol–water partition coefficient (Wildman–Crippen LogP) is 8.22. The average molecular weight is 471 g/mol. The van der Waals surface area contributed by atoms with Crippen molar-refractivity contribution in [1.82, 2.24) is 10.6 Å². The number of benzene rings is 1. The Morgan fingerprint density at radius 1 is 0.912 bits per heavy atom. The van der Waals surface area contributed by atoms with Crippen molar-refractivity contribution < 1.29 is 4.79 Å². The van der Waals surface area contributed by atoms with Crippen molar-refractivity contribution in [2.45, 2.75) is 149 Å². The first-order chi connectivity index (χ1) is 16.3. The van der Waals surface area contributed by atoms with Gasteiger partial charge in [0.1, 0.15) is 0 Å². The lowest BCUT2D eigenvalue weighted by molar-refractivity contribution is 0.0530. The summed E-state index contributed by atoms with van der Waals surface area (Å²) in [6.07, 6.45) is 17.5. The molecule has 1 aromatic carbocycles. The SMILES string of the molecule is CCCCCCCCCCCCc1ccccc1C(=O)NC1CC(C)(CC)NC(C)(CC)C1C. The Balaban J connectivity index is 1.88. The van der Waals surface area contributed by atoms with Gasteiger partial charge >= 0.3 is 0 Å². The van der Waals surface area contributed by atoms with Crippen LogP contribution in [0.1, 0.15) is 141 Å². The third kappa shape index (κ3) is 8.40. The zero-order valence-electron chi connectivity index (χ0n) is 23.3. The summed E-state index contributed by atoms with van der Waals surface area (Å²) in [5, 5.41) is 7.38. The Morgan fingerprint density at radius 3 is 2.09 bits per heavy atom. The minimum atomic E-state index is 0.0382. The fraction of sp³-hybridized carbons (Fsp3) is 0.774. The first-order valence-corrected chi connectivity index (χ1v) is 14.5. The van der Waals surface area contributed by atoms with Crippen molar-refractivity contribution in [3.05, 3.63) is 35.4 Å². The van der Waals surface area contributed by atoms with E-state index >= 15 is 0 Å². The van der Waals surface area contributed by atoms with E-state index in [0.717, 1.165) is 31.2 Å². The van der Waals surface area contributed by atoms with Gasteiger partial charge in [-0.2, -0.15) is 0 Å². The molecule has 194 valence electrons. The second kappa shape index (κ2) is 14.3. The highest BCUT2D eigenvalue weighted by Gasteiger charge is 2.46. The largest absolute Gasteiger partial charge is 0.349 e. The van der Waals surface area contributed by atoms with Crippen molar-refractivity contribution in [2.24, 2.45) is 5.92 Å². The second-order valence-corrected chi connectivity index (χ2v) is 11.5. The van der Waals surface area contributed by atoms with Crippen LogP contribution in [0.4, 0.5) is 0 Å². The molecule has 1 heterocycles. The number of nitrogens with one attached hydrogen (secondary N) is 2. The quantitative estimate of drug-likeness (QED) is 0.253. The van der Waals surface area contributed by atoms with Crippen LogP contribution in [0, 0.1) is 5.92 Å². The van der Waals surface area contributed by atoms with E-state index in [4.69, 9.17) is 0 Å². The highest BCUT2D eigenvalue weighted by molar-refractivity contribution is 5.95.